The van der Waals surface area contributed by atoms with E-state index < -0.39 is 0 Å². The van der Waals surface area contributed by atoms with E-state index in [1.165, 1.54) is 5.56 Å². The van der Waals surface area contributed by atoms with E-state index in [4.69, 9.17) is 4.98 Å². The summed E-state index contributed by atoms with van der Waals surface area (Å²) in [7, 11) is 0. The zero-order chi connectivity index (χ0) is 20.1. The topological polar surface area (TPSA) is 66.5 Å². The number of benzene rings is 2. The molecule has 0 saturated carbocycles. The van der Waals surface area contributed by atoms with Crippen LogP contribution in [0.15, 0.2) is 79.3 Å². The Labute approximate surface area is 170 Å². The Morgan fingerprint density at radius 1 is 0.966 bits per heavy atom. The highest BCUT2D eigenvalue weighted by Gasteiger charge is 2.15. The number of nitriles is 1. The summed E-state index contributed by atoms with van der Waals surface area (Å²) in [5.74, 6) is 0.862. The first-order valence-electron chi connectivity index (χ1n) is 9.52. The molecule has 0 aliphatic rings. The van der Waals surface area contributed by atoms with Crippen molar-refractivity contribution in [2.45, 2.75) is 13.5 Å². The highest BCUT2D eigenvalue weighted by atomic mass is 15.1. The predicted molar refractivity (Wildman–Crippen MR) is 115 cm³/mol. The molecule has 2 aromatic heterocycles. The van der Waals surface area contributed by atoms with Crippen LogP contribution in [0.1, 0.15) is 11.1 Å². The Kier molecular flexibility index (Phi) is 5.35. The van der Waals surface area contributed by atoms with Crippen LogP contribution in [-0.2, 0) is 6.54 Å². The van der Waals surface area contributed by atoms with Crippen LogP contribution in [0, 0.1) is 18.3 Å². The maximum Gasteiger partial charge on any atom is 0.126 e. The number of hydrogen-bond donors (Lipinski definition) is 1. The Bertz CT molecular complexity index is 1160. The van der Waals surface area contributed by atoms with Gasteiger partial charge in [-0.05, 0) is 36.8 Å². The third kappa shape index (κ3) is 4.17. The SMILES string of the molecule is Cc1ccnc(NCCn2cnc(-c3ccccc3)c2-c2cccc(C#N)c2)c1. The van der Waals surface area contributed by atoms with Crippen LogP contribution in [0.25, 0.3) is 22.5 Å². The monoisotopic (exact) mass is 379 g/mol. The lowest BCUT2D eigenvalue weighted by Crippen LogP contribution is -2.11. The van der Waals surface area contributed by atoms with Gasteiger partial charge in [0, 0.05) is 30.4 Å². The molecule has 5 nitrogen and oxygen atoms in total. The molecule has 2 aromatic carbocycles. The second-order valence-electron chi connectivity index (χ2n) is 6.84. The fraction of sp³-hybridized carbons (Fsp3) is 0.125. The van der Waals surface area contributed by atoms with Crippen molar-refractivity contribution in [1.29, 1.82) is 5.26 Å². The van der Waals surface area contributed by atoms with Gasteiger partial charge in [-0.1, -0.05) is 42.5 Å². The van der Waals surface area contributed by atoms with Gasteiger partial charge in [0.15, 0.2) is 0 Å². The fourth-order valence-corrected chi connectivity index (χ4v) is 3.33. The van der Waals surface area contributed by atoms with Crippen molar-refractivity contribution in [3.05, 3.63) is 90.4 Å². The molecule has 142 valence electrons. The summed E-state index contributed by atoms with van der Waals surface area (Å²) in [5, 5.41) is 12.7. The average Bonchev–Trinajstić information content (AvgIpc) is 3.18. The first-order valence-corrected chi connectivity index (χ1v) is 9.52. The van der Waals surface area contributed by atoms with Crippen LogP contribution < -0.4 is 5.32 Å². The lowest BCUT2D eigenvalue weighted by molar-refractivity contribution is 0.731. The molecule has 5 heteroatoms. The summed E-state index contributed by atoms with van der Waals surface area (Å²) in [6.07, 6.45) is 3.67. The van der Waals surface area contributed by atoms with E-state index in [1.807, 2.05) is 60.9 Å². The number of rotatable bonds is 6. The van der Waals surface area contributed by atoms with Gasteiger partial charge in [-0.15, -0.1) is 0 Å². The first-order chi connectivity index (χ1) is 14.2. The van der Waals surface area contributed by atoms with Crippen molar-refractivity contribution in [3.63, 3.8) is 0 Å². The zero-order valence-corrected chi connectivity index (χ0v) is 16.2. The van der Waals surface area contributed by atoms with Crippen LogP contribution in [0.3, 0.4) is 0 Å². The van der Waals surface area contributed by atoms with Gasteiger partial charge in [0.05, 0.1) is 29.3 Å². The van der Waals surface area contributed by atoms with E-state index in [0.717, 1.165) is 34.9 Å². The zero-order valence-electron chi connectivity index (χ0n) is 16.2. The second kappa shape index (κ2) is 8.41. The van der Waals surface area contributed by atoms with Crippen LogP contribution >= 0.6 is 0 Å². The molecule has 0 aliphatic carbocycles. The quantitative estimate of drug-likeness (QED) is 0.517. The Morgan fingerprint density at radius 3 is 2.59 bits per heavy atom. The van der Waals surface area contributed by atoms with Crippen LogP contribution in [0.5, 0.6) is 0 Å². The smallest absolute Gasteiger partial charge is 0.126 e. The Hall–Kier alpha value is -3.91. The van der Waals surface area contributed by atoms with Gasteiger partial charge in [-0.25, -0.2) is 9.97 Å². The number of pyridine rings is 1. The van der Waals surface area contributed by atoms with Crippen molar-refractivity contribution in [1.82, 2.24) is 14.5 Å². The fourth-order valence-electron chi connectivity index (χ4n) is 3.33. The minimum Gasteiger partial charge on any atom is -0.368 e. The van der Waals surface area contributed by atoms with Crippen LogP contribution in [0.2, 0.25) is 0 Å². The number of hydrogen-bond acceptors (Lipinski definition) is 4. The van der Waals surface area contributed by atoms with Gasteiger partial charge in [-0.3, -0.25) is 0 Å². The number of aryl methyl sites for hydroxylation is 1. The van der Waals surface area contributed by atoms with E-state index >= 15 is 0 Å². The van der Waals surface area contributed by atoms with Crippen molar-refractivity contribution in [2.24, 2.45) is 0 Å². The summed E-state index contributed by atoms with van der Waals surface area (Å²) in [5.41, 5.74) is 5.76. The predicted octanol–water partition coefficient (Wildman–Crippen LogP) is 4.90. The highest BCUT2D eigenvalue weighted by Crippen LogP contribution is 2.31. The van der Waals surface area contributed by atoms with Gasteiger partial charge in [0.2, 0.25) is 0 Å². The molecular formula is C24H21N5. The molecule has 0 fully saturated rings. The lowest BCUT2D eigenvalue weighted by Gasteiger charge is -2.12. The van der Waals surface area contributed by atoms with Crippen molar-refractivity contribution >= 4 is 5.82 Å². The second-order valence-corrected chi connectivity index (χ2v) is 6.84. The molecule has 0 radical (unpaired) electrons. The summed E-state index contributed by atoms with van der Waals surface area (Å²) >= 11 is 0. The van der Waals surface area contributed by atoms with E-state index in [1.54, 1.807) is 6.20 Å². The Balaban J connectivity index is 1.66. The summed E-state index contributed by atoms with van der Waals surface area (Å²) in [6, 6.07) is 24.0. The Morgan fingerprint density at radius 2 is 1.79 bits per heavy atom. The summed E-state index contributed by atoms with van der Waals surface area (Å²) in [6.45, 7) is 3.49. The van der Waals surface area contributed by atoms with Gasteiger partial charge in [0.25, 0.3) is 0 Å². The van der Waals surface area contributed by atoms with Crippen LogP contribution in [0.4, 0.5) is 5.82 Å². The van der Waals surface area contributed by atoms with E-state index in [9.17, 15) is 5.26 Å². The minimum absolute atomic E-state index is 0.636. The maximum absolute atomic E-state index is 9.32. The number of nitrogens with zero attached hydrogens (tertiary/aromatic N) is 4. The van der Waals surface area contributed by atoms with Crippen LogP contribution in [-0.4, -0.2) is 21.1 Å². The molecule has 2 heterocycles. The molecular weight excluding hydrogens is 358 g/mol. The van der Waals surface area contributed by atoms with Crippen molar-refractivity contribution < 1.29 is 0 Å². The standard InChI is InChI=1S/C24H21N5/c1-18-10-11-26-22(14-18)27-12-13-29-17-28-23(20-7-3-2-4-8-20)24(29)21-9-5-6-19(15-21)16-25/h2-11,14-15,17H,12-13H2,1H3,(H,26,27). The molecule has 0 spiro atoms. The van der Waals surface area contributed by atoms with Crippen molar-refractivity contribution in [2.75, 3.05) is 11.9 Å². The molecule has 0 amide bonds. The van der Waals surface area contributed by atoms with Gasteiger partial charge in [-0.2, -0.15) is 5.26 Å². The van der Waals surface area contributed by atoms with E-state index in [0.29, 0.717) is 12.1 Å². The number of imidazole rings is 1. The molecule has 1 N–H and O–H groups in total. The van der Waals surface area contributed by atoms with Gasteiger partial charge < -0.3 is 9.88 Å². The van der Waals surface area contributed by atoms with Gasteiger partial charge in [0.1, 0.15) is 5.82 Å². The minimum atomic E-state index is 0.636. The first kappa shape index (κ1) is 18.5. The summed E-state index contributed by atoms with van der Waals surface area (Å²) in [4.78, 5) is 9.05. The molecule has 0 aliphatic heterocycles. The molecule has 0 saturated heterocycles. The average molecular weight is 379 g/mol. The number of anilines is 1. The normalized spacial score (nSPS) is 10.5. The summed E-state index contributed by atoms with van der Waals surface area (Å²) < 4.78 is 2.13. The third-order valence-electron chi connectivity index (χ3n) is 4.72. The van der Waals surface area contributed by atoms with Crippen molar-refractivity contribution in [3.8, 4) is 28.6 Å². The number of aromatic nitrogens is 3. The largest absolute Gasteiger partial charge is 0.368 e. The lowest BCUT2D eigenvalue weighted by atomic mass is 10.0. The molecule has 0 bridgehead atoms. The van der Waals surface area contributed by atoms with E-state index in [-0.39, 0.29) is 0 Å². The number of nitrogens with one attached hydrogen (secondary N) is 1. The molecule has 0 atom stereocenters. The molecule has 4 aromatic rings. The van der Waals surface area contributed by atoms with Gasteiger partial charge >= 0.3 is 0 Å². The highest BCUT2D eigenvalue weighted by molar-refractivity contribution is 5.79. The van der Waals surface area contributed by atoms with E-state index in [2.05, 4.69) is 40.0 Å². The molecule has 29 heavy (non-hydrogen) atoms. The molecule has 0 unspecified atom stereocenters. The molecule has 4 rings (SSSR count). The maximum atomic E-state index is 9.32. The third-order valence-corrected chi connectivity index (χ3v) is 4.72.